The molecule has 0 fully saturated rings. The van der Waals surface area contributed by atoms with Crippen molar-refractivity contribution in [1.82, 2.24) is 10.3 Å². The molecule has 1 atom stereocenters. The number of halogens is 1. The van der Waals surface area contributed by atoms with E-state index in [0.29, 0.717) is 13.2 Å². The second-order valence-electron chi connectivity index (χ2n) is 7.26. The molecule has 1 heterocycles. The van der Waals surface area contributed by atoms with Crippen LogP contribution in [0.1, 0.15) is 97.1 Å². The van der Waals surface area contributed by atoms with Gasteiger partial charge in [0.1, 0.15) is 17.3 Å². The molecule has 37 heavy (non-hydrogen) atoms. The third kappa shape index (κ3) is 23.4. The Hall–Kier alpha value is -2.80. The van der Waals surface area contributed by atoms with Crippen LogP contribution < -0.4 is 5.32 Å². The van der Waals surface area contributed by atoms with Gasteiger partial charge in [0, 0.05) is 20.2 Å². The minimum atomic E-state index is -0.256. The van der Waals surface area contributed by atoms with Crippen molar-refractivity contribution in [3.63, 3.8) is 0 Å². The number of aromatic nitrogens is 1. The Labute approximate surface area is 225 Å². The highest BCUT2D eigenvalue weighted by molar-refractivity contribution is 5.92. The largest absolute Gasteiger partial charge is 0.506 e. The van der Waals surface area contributed by atoms with Gasteiger partial charge in [0.2, 0.25) is 0 Å². The standard InChI is InChI=1S/C13H20N2O3.C10H13F.C3H7N.2C2H6/c1-3-7-18-11(4-2)9-15-13(17)12-6-5-10(16)8-14-12;1-2-3-4-9-5-7-10(11)8-6-9;1-3-4-2;2*1-2/h5-6,8,11,16H,3-4,7,9H2,1-2H3,(H,15,17);5-8H,2-4H2,1H3;3H,1-2H3;2*1-2H3. The van der Waals surface area contributed by atoms with E-state index in [9.17, 15) is 9.18 Å². The highest BCUT2D eigenvalue weighted by Crippen LogP contribution is 2.07. The fourth-order valence-electron chi connectivity index (χ4n) is 2.46. The summed E-state index contributed by atoms with van der Waals surface area (Å²) in [5.74, 6) is -0.358. The molecule has 1 amide bonds. The summed E-state index contributed by atoms with van der Waals surface area (Å²) >= 11 is 0. The first-order valence-electron chi connectivity index (χ1n) is 13.6. The molecule has 212 valence electrons. The number of unbranched alkanes of at least 4 members (excludes halogenated alkanes) is 1. The number of aromatic hydroxyl groups is 1. The third-order valence-electron chi connectivity index (χ3n) is 4.47. The summed E-state index contributed by atoms with van der Waals surface area (Å²) in [5.41, 5.74) is 1.52. The summed E-state index contributed by atoms with van der Waals surface area (Å²) in [6.07, 6.45) is 8.29. The van der Waals surface area contributed by atoms with Crippen LogP contribution in [0.15, 0.2) is 47.6 Å². The van der Waals surface area contributed by atoms with Crippen LogP contribution in [-0.2, 0) is 11.2 Å². The fourth-order valence-corrected chi connectivity index (χ4v) is 2.46. The maximum absolute atomic E-state index is 12.4. The van der Waals surface area contributed by atoms with E-state index >= 15 is 0 Å². The lowest BCUT2D eigenvalue weighted by Crippen LogP contribution is -2.33. The Morgan fingerprint density at radius 2 is 1.68 bits per heavy atom. The molecule has 1 unspecified atom stereocenters. The smallest absolute Gasteiger partial charge is 0.269 e. The number of aryl methyl sites for hydroxylation is 1. The molecule has 2 rings (SSSR count). The Bertz CT molecular complexity index is 763. The number of aliphatic imine (C=N–C) groups is 1. The van der Waals surface area contributed by atoms with Gasteiger partial charge >= 0.3 is 0 Å². The Morgan fingerprint density at radius 3 is 2.11 bits per heavy atom. The monoisotopic (exact) mass is 521 g/mol. The van der Waals surface area contributed by atoms with E-state index in [4.69, 9.17) is 9.84 Å². The molecule has 6 nitrogen and oxygen atoms in total. The zero-order valence-electron chi connectivity index (χ0n) is 24.7. The first-order chi connectivity index (χ1) is 17.9. The van der Waals surface area contributed by atoms with Crippen molar-refractivity contribution in [3.8, 4) is 5.75 Å². The van der Waals surface area contributed by atoms with Crippen molar-refractivity contribution in [2.75, 3.05) is 20.2 Å². The molecular weight excluding hydrogens is 469 g/mol. The molecule has 0 saturated carbocycles. The van der Waals surface area contributed by atoms with Crippen LogP contribution in [0.4, 0.5) is 4.39 Å². The molecule has 0 saturated heterocycles. The van der Waals surface area contributed by atoms with Crippen molar-refractivity contribution in [2.24, 2.45) is 4.99 Å². The predicted octanol–water partition coefficient (Wildman–Crippen LogP) is 7.65. The summed E-state index contributed by atoms with van der Waals surface area (Å²) in [5, 5.41) is 11.8. The van der Waals surface area contributed by atoms with Gasteiger partial charge in [-0.3, -0.25) is 4.79 Å². The summed E-state index contributed by atoms with van der Waals surface area (Å²) in [6, 6.07) is 9.66. The lowest BCUT2D eigenvalue weighted by Gasteiger charge is -2.16. The molecule has 1 aromatic carbocycles. The van der Waals surface area contributed by atoms with Gasteiger partial charge in [0.25, 0.3) is 5.91 Å². The molecule has 0 aliphatic heterocycles. The lowest BCUT2D eigenvalue weighted by molar-refractivity contribution is 0.0490. The number of hydrogen-bond donors (Lipinski definition) is 2. The molecule has 7 heteroatoms. The van der Waals surface area contributed by atoms with Crippen LogP contribution in [0.3, 0.4) is 0 Å². The topological polar surface area (TPSA) is 83.8 Å². The minimum Gasteiger partial charge on any atom is -0.506 e. The maximum Gasteiger partial charge on any atom is 0.269 e. The van der Waals surface area contributed by atoms with Crippen LogP contribution in [0.5, 0.6) is 5.75 Å². The zero-order chi connectivity index (χ0) is 28.9. The number of carbonyl (C=O) groups is 1. The van der Waals surface area contributed by atoms with Crippen molar-refractivity contribution >= 4 is 12.1 Å². The fraction of sp³-hybridized carbons (Fsp3) is 0.567. The van der Waals surface area contributed by atoms with Crippen molar-refractivity contribution < 1.29 is 19.0 Å². The van der Waals surface area contributed by atoms with Crippen molar-refractivity contribution in [1.29, 1.82) is 0 Å². The first-order valence-corrected chi connectivity index (χ1v) is 13.6. The number of pyridine rings is 1. The number of ether oxygens (including phenoxy) is 1. The average Bonchev–Trinajstić information content (AvgIpc) is 2.95. The van der Waals surface area contributed by atoms with Gasteiger partial charge in [-0.25, -0.2) is 9.37 Å². The van der Waals surface area contributed by atoms with Crippen molar-refractivity contribution in [2.45, 2.75) is 93.6 Å². The summed E-state index contributed by atoms with van der Waals surface area (Å²) < 4.78 is 18.0. The highest BCUT2D eigenvalue weighted by atomic mass is 19.1. The van der Waals surface area contributed by atoms with Crippen LogP contribution in [0, 0.1) is 5.82 Å². The van der Waals surface area contributed by atoms with Gasteiger partial charge < -0.3 is 20.2 Å². The van der Waals surface area contributed by atoms with Gasteiger partial charge in [0.15, 0.2) is 0 Å². The van der Waals surface area contributed by atoms with Gasteiger partial charge in [-0.15, -0.1) is 0 Å². The van der Waals surface area contributed by atoms with Gasteiger partial charge in [-0.1, -0.05) is 67.0 Å². The van der Waals surface area contributed by atoms with Crippen LogP contribution in [0.25, 0.3) is 0 Å². The Morgan fingerprint density at radius 1 is 1.08 bits per heavy atom. The number of benzene rings is 1. The molecular formula is C30H52FN3O3. The van der Waals surface area contributed by atoms with E-state index < -0.39 is 0 Å². The number of hydrogen-bond acceptors (Lipinski definition) is 5. The number of amides is 1. The van der Waals surface area contributed by atoms with E-state index in [1.165, 1.54) is 48.9 Å². The molecule has 2 aromatic rings. The van der Waals surface area contributed by atoms with E-state index in [2.05, 4.69) is 22.2 Å². The first kappa shape index (κ1) is 38.7. The van der Waals surface area contributed by atoms with Gasteiger partial charge in [0.05, 0.1) is 12.3 Å². The van der Waals surface area contributed by atoms with Crippen LogP contribution in [0.2, 0.25) is 0 Å². The molecule has 0 radical (unpaired) electrons. The Balaban J connectivity index is -0.000000516. The zero-order valence-corrected chi connectivity index (χ0v) is 24.7. The predicted molar refractivity (Wildman–Crippen MR) is 156 cm³/mol. The van der Waals surface area contributed by atoms with E-state index in [1.54, 1.807) is 13.3 Å². The minimum absolute atomic E-state index is 0.0333. The number of carbonyl (C=O) groups excluding carboxylic acids is 1. The molecule has 1 aromatic heterocycles. The number of nitrogens with zero attached hydrogens (tertiary/aromatic N) is 2. The molecule has 0 aliphatic carbocycles. The second kappa shape index (κ2) is 29.4. The Kier molecular flexibility index (Phi) is 30.8. The highest BCUT2D eigenvalue weighted by Gasteiger charge is 2.11. The molecule has 2 N–H and O–H groups in total. The number of nitrogens with one attached hydrogen (secondary N) is 1. The molecule has 0 bridgehead atoms. The normalized spacial score (nSPS) is 10.2. The van der Waals surface area contributed by atoms with Crippen molar-refractivity contribution in [3.05, 3.63) is 59.7 Å². The summed E-state index contributed by atoms with van der Waals surface area (Å²) in [6.45, 7) is 17.3. The van der Waals surface area contributed by atoms with E-state index in [1.807, 2.05) is 60.6 Å². The van der Waals surface area contributed by atoms with Crippen LogP contribution in [-0.4, -0.2) is 48.5 Å². The summed E-state index contributed by atoms with van der Waals surface area (Å²) in [7, 11) is 1.75. The third-order valence-corrected chi connectivity index (χ3v) is 4.47. The van der Waals surface area contributed by atoms with E-state index in [0.717, 1.165) is 19.3 Å². The number of rotatable bonds is 10. The lowest BCUT2D eigenvalue weighted by atomic mass is 10.1. The van der Waals surface area contributed by atoms with Gasteiger partial charge in [-0.05, 0) is 68.7 Å². The second-order valence-corrected chi connectivity index (χ2v) is 7.26. The van der Waals surface area contributed by atoms with Gasteiger partial charge in [-0.2, -0.15) is 0 Å². The SMILES string of the molecule is CC.CC.CC=NC.CCCCc1ccc(F)cc1.CCCOC(CC)CNC(=O)c1ccc(O)cn1. The maximum atomic E-state index is 12.4. The quantitative estimate of drug-likeness (QED) is 0.315. The van der Waals surface area contributed by atoms with Crippen LogP contribution >= 0.6 is 0 Å². The summed E-state index contributed by atoms with van der Waals surface area (Å²) in [4.78, 5) is 19.2. The molecule has 0 aliphatic rings. The molecule has 0 spiro atoms. The van der Waals surface area contributed by atoms with E-state index in [-0.39, 0.29) is 29.3 Å². The average molecular weight is 522 g/mol.